The van der Waals surface area contributed by atoms with Crippen molar-refractivity contribution in [2.75, 3.05) is 26.2 Å². The molecule has 0 amide bonds. The number of nitrogens with zero attached hydrogens (tertiary/aromatic N) is 2. The van der Waals surface area contributed by atoms with Gasteiger partial charge in [0.1, 0.15) is 19.0 Å². The van der Waals surface area contributed by atoms with E-state index >= 15 is 4.39 Å². The van der Waals surface area contributed by atoms with Gasteiger partial charge in [-0.3, -0.25) is 4.90 Å². The lowest BCUT2D eigenvalue weighted by Crippen LogP contribution is -2.29. The molecule has 0 bridgehead atoms. The number of benzene rings is 4. The second-order valence-electron chi connectivity index (χ2n) is 11.2. The molecule has 42 heavy (non-hydrogen) atoms. The van der Waals surface area contributed by atoms with Gasteiger partial charge in [0.25, 0.3) is 0 Å². The van der Waals surface area contributed by atoms with Gasteiger partial charge in [-0.1, -0.05) is 73.5 Å². The average Bonchev–Trinajstić information content (AvgIpc) is 3.15. The van der Waals surface area contributed by atoms with Gasteiger partial charge in [-0.25, -0.2) is 4.39 Å². The highest BCUT2D eigenvalue weighted by Crippen LogP contribution is 2.36. The molecule has 0 saturated carbocycles. The van der Waals surface area contributed by atoms with Crippen molar-refractivity contribution < 1.29 is 13.9 Å². The minimum Gasteiger partial charge on any atom is -0.492 e. The summed E-state index contributed by atoms with van der Waals surface area (Å²) < 4.78 is 29.5. The molecule has 2 heterocycles. The molecule has 0 atom stereocenters. The molecule has 216 valence electrons. The average molecular weight is 563 g/mol. The Morgan fingerprint density at radius 1 is 0.738 bits per heavy atom. The molecule has 0 unspecified atom stereocenters. The number of aryl methyl sites for hydroxylation is 1. The topological polar surface area (TPSA) is 26.6 Å². The summed E-state index contributed by atoms with van der Waals surface area (Å²) in [5.74, 6) is 0.797. The number of rotatable bonds is 10. The Balaban J connectivity index is 1.19. The van der Waals surface area contributed by atoms with Crippen molar-refractivity contribution in [3.05, 3.63) is 120 Å². The summed E-state index contributed by atoms with van der Waals surface area (Å²) >= 11 is 0. The van der Waals surface area contributed by atoms with Crippen LogP contribution in [0.4, 0.5) is 4.39 Å². The van der Waals surface area contributed by atoms with Crippen molar-refractivity contribution in [1.82, 2.24) is 9.47 Å². The van der Waals surface area contributed by atoms with E-state index in [9.17, 15) is 0 Å². The predicted octanol–water partition coefficient (Wildman–Crippen LogP) is 8.64. The molecule has 1 aromatic heterocycles. The van der Waals surface area contributed by atoms with Crippen LogP contribution in [-0.2, 0) is 13.2 Å². The molecule has 0 N–H and O–H groups in total. The highest BCUT2D eigenvalue weighted by Gasteiger charge is 2.18. The molecule has 0 spiro atoms. The van der Waals surface area contributed by atoms with Crippen molar-refractivity contribution in [1.29, 1.82) is 0 Å². The van der Waals surface area contributed by atoms with Gasteiger partial charge in [0.15, 0.2) is 11.6 Å². The number of hydrogen-bond acceptors (Lipinski definition) is 3. The Morgan fingerprint density at radius 2 is 1.48 bits per heavy atom. The van der Waals surface area contributed by atoms with Gasteiger partial charge in [0, 0.05) is 29.6 Å². The van der Waals surface area contributed by atoms with Crippen LogP contribution >= 0.6 is 0 Å². The van der Waals surface area contributed by atoms with Gasteiger partial charge >= 0.3 is 0 Å². The molecule has 1 aliphatic rings. The van der Waals surface area contributed by atoms with Gasteiger partial charge < -0.3 is 14.0 Å². The van der Waals surface area contributed by atoms with E-state index < -0.39 is 0 Å². The molecular weight excluding hydrogens is 523 g/mol. The zero-order chi connectivity index (χ0) is 28.7. The van der Waals surface area contributed by atoms with Crippen LogP contribution in [0.2, 0.25) is 0 Å². The van der Waals surface area contributed by atoms with E-state index in [1.54, 1.807) is 12.1 Å². The smallest absolute Gasteiger partial charge is 0.165 e. The number of hydrogen-bond donors (Lipinski definition) is 0. The summed E-state index contributed by atoms with van der Waals surface area (Å²) in [6, 6.07) is 31.9. The third kappa shape index (κ3) is 6.52. The van der Waals surface area contributed by atoms with Crippen LogP contribution in [0.25, 0.3) is 22.2 Å². The summed E-state index contributed by atoms with van der Waals surface area (Å²) in [5.41, 5.74) is 6.29. The van der Waals surface area contributed by atoms with Gasteiger partial charge in [-0.15, -0.1) is 0 Å². The van der Waals surface area contributed by atoms with Crippen molar-refractivity contribution >= 4 is 10.9 Å². The maximum Gasteiger partial charge on any atom is 0.165 e. The Labute approximate surface area is 248 Å². The zero-order valence-corrected chi connectivity index (χ0v) is 24.4. The molecule has 1 fully saturated rings. The van der Waals surface area contributed by atoms with Crippen LogP contribution in [0, 0.1) is 12.7 Å². The first kappa shape index (κ1) is 28.0. The molecule has 0 aliphatic carbocycles. The summed E-state index contributed by atoms with van der Waals surface area (Å²) in [4.78, 5) is 2.52. The lowest BCUT2D eigenvalue weighted by atomic mass is 10.1. The van der Waals surface area contributed by atoms with Crippen LogP contribution in [0.1, 0.15) is 42.4 Å². The predicted molar refractivity (Wildman–Crippen MR) is 169 cm³/mol. The minimum atomic E-state index is -0.360. The Morgan fingerprint density at radius 3 is 2.24 bits per heavy atom. The van der Waals surface area contributed by atoms with E-state index in [1.807, 2.05) is 36.4 Å². The number of halogens is 1. The highest BCUT2D eigenvalue weighted by molar-refractivity contribution is 5.91. The molecule has 4 aromatic carbocycles. The normalized spacial score (nSPS) is 14.1. The first-order chi connectivity index (χ1) is 20.7. The van der Waals surface area contributed by atoms with Crippen molar-refractivity contribution in [2.24, 2.45) is 0 Å². The zero-order valence-electron chi connectivity index (χ0n) is 24.4. The van der Waals surface area contributed by atoms with Crippen LogP contribution < -0.4 is 9.47 Å². The molecule has 5 aromatic rings. The van der Waals surface area contributed by atoms with Gasteiger partial charge in [0.05, 0.1) is 5.69 Å². The lowest BCUT2D eigenvalue weighted by molar-refractivity contribution is 0.214. The maximum absolute atomic E-state index is 15.3. The van der Waals surface area contributed by atoms with Gasteiger partial charge in [-0.05, 0) is 85.9 Å². The standard InChI is InChI=1S/C37H39FN2O2/c1-28-33-13-7-8-14-35(33)40(26-29-15-18-32(19-16-29)41-24-23-39-21-9-2-3-10-22-39)37(28)31-17-20-36(34(38)25-31)42-27-30-11-5-4-6-12-30/h4-8,11-20,25H,2-3,9-10,21-24,26-27H2,1H3. The maximum atomic E-state index is 15.3. The van der Waals surface area contributed by atoms with Crippen molar-refractivity contribution in [3.63, 3.8) is 0 Å². The first-order valence-corrected chi connectivity index (χ1v) is 15.1. The molecular formula is C37H39FN2O2. The van der Waals surface area contributed by atoms with Crippen molar-refractivity contribution in [3.8, 4) is 22.8 Å². The SMILES string of the molecule is Cc1c(-c2ccc(OCc3ccccc3)c(F)c2)n(Cc2ccc(OCCN3CCCCCC3)cc2)c2ccccc12. The Bertz CT molecular complexity index is 1600. The summed E-state index contributed by atoms with van der Waals surface area (Å²) in [6.45, 7) is 7.17. The molecule has 5 heteroatoms. The molecule has 0 radical (unpaired) electrons. The lowest BCUT2D eigenvalue weighted by Gasteiger charge is -2.19. The van der Waals surface area contributed by atoms with Crippen LogP contribution in [0.3, 0.4) is 0 Å². The molecule has 6 rings (SSSR count). The van der Waals surface area contributed by atoms with E-state index in [0.717, 1.165) is 40.2 Å². The minimum absolute atomic E-state index is 0.259. The van der Waals surface area contributed by atoms with E-state index in [-0.39, 0.29) is 11.6 Å². The molecule has 4 nitrogen and oxygen atoms in total. The second kappa shape index (κ2) is 13.3. The quantitative estimate of drug-likeness (QED) is 0.170. The fourth-order valence-electron chi connectivity index (χ4n) is 6.04. The third-order valence-corrected chi connectivity index (χ3v) is 8.31. The summed E-state index contributed by atoms with van der Waals surface area (Å²) in [7, 11) is 0. The number of ether oxygens (including phenoxy) is 2. The number of para-hydroxylation sites is 1. The highest BCUT2D eigenvalue weighted by atomic mass is 19.1. The largest absolute Gasteiger partial charge is 0.492 e. The van der Waals surface area contributed by atoms with E-state index in [4.69, 9.17) is 9.47 Å². The Kier molecular flexibility index (Phi) is 8.86. The third-order valence-electron chi connectivity index (χ3n) is 8.31. The molecule has 1 aliphatic heterocycles. The summed E-state index contributed by atoms with van der Waals surface area (Å²) in [6.07, 6.45) is 5.28. The van der Waals surface area contributed by atoms with E-state index in [1.165, 1.54) is 49.7 Å². The fourth-order valence-corrected chi connectivity index (χ4v) is 6.04. The van der Waals surface area contributed by atoms with Crippen LogP contribution in [-0.4, -0.2) is 35.7 Å². The first-order valence-electron chi connectivity index (χ1n) is 15.1. The number of likely N-dealkylation sites (tertiary alicyclic amines) is 1. The van der Waals surface area contributed by atoms with Crippen molar-refractivity contribution in [2.45, 2.75) is 45.8 Å². The number of fused-ring (bicyclic) bond motifs is 1. The van der Waals surface area contributed by atoms with Gasteiger partial charge in [-0.2, -0.15) is 0 Å². The summed E-state index contributed by atoms with van der Waals surface area (Å²) in [5, 5.41) is 1.17. The van der Waals surface area contributed by atoms with E-state index in [0.29, 0.717) is 19.8 Å². The second-order valence-corrected chi connectivity index (χ2v) is 11.2. The Hall–Kier alpha value is -4.09. The monoisotopic (exact) mass is 562 g/mol. The van der Waals surface area contributed by atoms with Gasteiger partial charge in [0.2, 0.25) is 0 Å². The number of aromatic nitrogens is 1. The molecule has 1 saturated heterocycles. The van der Waals surface area contributed by atoms with Crippen LogP contribution in [0.15, 0.2) is 97.1 Å². The fraction of sp³-hybridized carbons (Fsp3) is 0.297. The van der Waals surface area contributed by atoms with E-state index in [2.05, 4.69) is 64.9 Å². The van der Waals surface area contributed by atoms with Crippen LogP contribution in [0.5, 0.6) is 11.5 Å².